The van der Waals surface area contributed by atoms with Gasteiger partial charge >= 0.3 is 0 Å². The van der Waals surface area contributed by atoms with Crippen molar-refractivity contribution in [2.45, 2.75) is 25.7 Å². The summed E-state index contributed by atoms with van der Waals surface area (Å²) in [5, 5.41) is 0. The van der Waals surface area contributed by atoms with E-state index in [9.17, 15) is 8.42 Å². The minimum absolute atomic E-state index is 0. The van der Waals surface area contributed by atoms with Gasteiger partial charge in [-0.25, -0.2) is 0 Å². The highest BCUT2D eigenvalue weighted by Crippen LogP contribution is 2.04. The Labute approximate surface area is 67.1 Å². The highest BCUT2D eigenvalue weighted by Gasteiger charge is 2.19. The summed E-state index contributed by atoms with van der Waals surface area (Å²) in [6.07, 6.45) is 0.271. The van der Waals surface area contributed by atoms with Gasteiger partial charge in [-0.2, -0.15) is 8.42 Å². The van der Waals surface area contributed by atoms with Gasteiger partial charge in [0.05, 0.1) is 0 Å². The van der Waals surface area contributed by atoms with E-state index in [-0.39, 0.29) is 19.2 Å². The largest absolute Gasteiger partial charge is 0.360 e. The lowest BCUT2D eigenvalue weighted by Gasteiger charge is -2.09. The second kappa shape index (κ2) is 5.48. The zero-order valence-corrected chi connectivity index (χ0v) is 7.60. The third-order valence-electron chi connectivity index (χ3n) is 1.02. The minimum atomic E-state index is -4.00. The van der Waals surface area contributed by atoms with Gasteiger partial charge in [0, 0.05) is 6.61 Å². The topological polar surface area (TPSA) is 98.6 Å². The summed E-state index contributed by atoms with van der Waals surface area (Å²) < 4.78 is 33.9. The van der Waals surface area contributed by atoms with E-state index < -0.39 is 15.6 Å². The predicted molar refractivity (Wildman–Crippen MR) is 42.3 cm³/mol. The van der Waals surface area contributed by atoms with Crippen LogP contribution in [0.3, 0.4) is 0 Å². The van der Waals surface area contributed by atoms with Crippen LogP contribution in [-0.2, 0) is 14.9 Å². The molecule has 0 bridgehead atoms. The van der Waals surface area contributed by atoms with Crippen molar-refractivity contribution in [1.29, 1.82) is 0 Å². The maximum Gasteiger partial charge on any atom is 0.292 e. The molecule has 0 aromatic rings. The molecular formula is C5H15NO4S. The van der Waals surface area contributed by atoms with E-state index in [1.54, 1.807) is 13.8 Å². The van der Waals surface area contributed by atoms with Crippen LogP contribution in [0.1, 0.15) is 20.3 Å². The molecule has 6 heteroatoms. The Morgan fingerprint density at radius 2 is 1.91 bits per heavy atom. The van der Waals surface area contributed by atoms with Gasteiger partial charge in [0.2, 0.25) is 0 Å². The molecule has 0 aliphatic rings. The van der Waals surface area contributed by atoms with Crippen molar-refractivity contribution in [2.75, 3.05) is 6.61 Å². The first kappa shape index (κ1) is 13.4. The summed E-state index contributed by atoms with van der Waals surface area (Å²) in [5.74, 6) is 0. The molecule has 1 atom stereocenters. The first-order valence-corrected chi connectivity index (χ1v) is 4.60. The van der Waals surface area contributed by atoms with E-state index in [1.165, 1.54) is 0 Å². The summed E-state index contributed by atoms with van der Waals surface area (Å²) in [5.41, 5.74) is -1.06. The van der Waals surface area contributed by atoms with E-state index in [0.717, 1.165) is 0 Å². The van der Waals surface area contributed by atoms with Gasteiger partial charge in [-0.15, -0.1) is 0 Å². The summed E-state index contributed by atoms with van der Waals surface area (Å²) in [6.45, 7) is 3.60. The maximum atomic E-state index is 10.4. The van der Waals surface area contributed by atoms with Gasteiger partial charge in [-0.1, -0.05) is 6.92 Å². The normalized spacial score (nSPS) is 13.7. The number of hydrogen-bond donors (Lipinski definition) is 2. The van der Waals surface area contributed by atoms with E-state index in [2.05, 4.69) is 0 Å². The SMILES string of the molecule is CCOC(CC)S(=O)(=O)O.N. The first-order chi connectivity index (χ1) is 4.52. The highest BCUT2D eigenvalue weighted by atomic mass is 32.2. The van der Waals surface area contributed by atoms with Crippen LogP contribution >= 0.6 is 0 Å². The third-order valence-corrected chi connectivity index (χ3v) is 2.15. The van der Waals surface area contributed by atoms with Gasteiger partial charge in [-0.05, 0) is 13.3 Å². The summed E-state index contributed by atoms with van der Waals surface area (Å²) in [7, 11) is -4.00. The molecule has 5 nitrogen and oxygen atoms in total. The van der Waals surface area contributed by atoms with Crippen molar-refractivity contribution in [2.24, 2.45) is 0 Å². The molecule has 4 N–H and O–H groups in total. The molecule has 0 radical (unpaired) electrons. The Bertz CT molecular complexity index is 177. The molecule has 0 aromatic carbocycles. The van der Waals surface area contributed by atoms with Crippen LogP contribution < -0.4 is 6.15 Å². The second-order valence-corrected chi connectivity index (χ2v) is 3.36. The monoisotopic (exact) mass is 185 g/mol. The third kappa shape index (κ3) is 5.14. The van der Waals surface area contributed by atoms with E-state index in [0.29, 0.717) is 0 Å². The molecule has 0 saturated heterocycles. The zero-order chi connectivity index (χ0) is 8.20. The lowest BCUT2D eigenvalue weighted by molar-refractivity contribution is 0.108. The van der Waals surface area contributed by atoms with Gasteiger partial charge in [0.25, 0.3) is 10.1 Å². The predicted octanol–water partition coefficient (Wildman–Crippen LogP) is 0.809. The Morgan fingerprint density at radius 1 is 1.45 bits per heavy atom. The summed E-state index contributed by atoms with van der Waals surface area (Å²) in [4.78, 5) is 0. The second-order valence-electron chi connectivity index (χ2n) is 1.81. The van der Waals surface area contributed by atoms with Crippen molar-refractivity contribution >= 4 is 10.1 Å². The Balaban J connectivity index is 0. The van der Waals surface area contributed by atoms with E-state index in [4.69, 9.17) is 9.29 Å². The Morgan fingerprint density at radius 3 is 2.00 bits per heavy atom. The molecule has 0 aliphatic carbocycles. The number of hydrogen-bond acceptors (Lipinski definition) is 4. The average molecular weight is 185 g/mol. The lowest BCUT2D eigenvalue weighted by Crippen LogP contribution is -2.22. The van der Waals surface area contributed by atoms with Crippen LogP contribution in [0, 0.1) is 0 Å². The van der Waals surface area contributed by atoms with Crippen LogP contribution in [0.5, 0.6) is 0 Å². The van der Waals surface area contributed by atoms with Crippen LogP contribution in [-0.4, -0.2) is 25.0 Å². The molecule has 0 rings (SSSR count). The van der Waals surface area contributed by atoms with Gasteiger partial charge < -0.3 is 10.9 Å². The number of ether oxygens (including phenoxy) is 1. The molecule has 0 fully saturated rings. The smallest absolute Gasteiger partial charge is 0.292 e. The summed E-state index contributed by atoms with van der Waals surface area (Å²) in [6, 6.07) is 0. The van der Waals surface area contributed by atoms with Gasteiger partial charge in [0.1, 0.15) is 0 Å². The van der Waals surface area contributed by atoms with Gasteiger partial charge in [-0.3, -0.25) is 4.55 Å². The van der Waals surface area contributed by atoms with Crippen LogP contribution in [0.15, 0.2) is 0 Å². The van der Waals surface area contributed by atoms with Crippen molar-refractivity contribution in [3.05, 3.63) is 0 Å². The van der Waals surface area contributed by atoms with E-state index >= 15 is 0 Å². The minimum Gasteiger partial charge on any atom is -0.360 e. The molecule has 70 valence electrons. The highest BCUT2D eigenvalue weighted by molar-refractivity contribution is 7.86. The molecular weight excluding hydrogens is 170 g/mol. The van der Waals surface area contributed by atoms with Crippen LogP contribution in [0.2, 0.25) is 0 Å². The standard InChI is InChI=1S/C5H12O4S.H3N/c1-3-5(9-4-2)10(6,7)8;/h5H,3-4H2,1-2H3,(H,6,7,8);1H3. The fourth-order valence-electron chi connectivity index (χ4n) is 0.600. The van der Waals surface area contributed by atoms with E-state index in [1.807, 2.05) is 0 Å². The first-order valence-electron chi connectivity index (χ1n) is 3.10. The fourth-order valence-corrected chi connectivity index (χ4v) is 1.33. The molecule has 0 saturated carbocycles. The molecule has 0 aromatic heterocycles. The quantitative estimate of drug-likeness (QED) is 0.631. The fraction of sp³-hybridized carbons (Fsp3) is 1.00. The van der Waals surface area contributed by atoms with Gasteiger partial charge in [0.15, 0.2) is 5.44 Å². The summed E-state index contributed by atoms with van der Waals surface area (Å²) >= 11 is 0. The molecule has 11 heavy (non-hydrogen) atoms. The van der Waals surface area contributed by atoms with Crippen LogP contribution in [0.4, 0.5) is 0 Å². The van der Waals surface area contributed by atoms with Crippen molar-refractivity contribution < 1.29 is 17.7 Å². The lowest BCUT2D eigenvalue weighted by atomic mass is 10.5. The average Bonchev–Trinajstić information content (AvgIpc) is 1.80. The molecule has 0 amide bonds. The Hall–Kier alpha value is -0.170. The maximum absolute atomic E-state index is 10.4. The molecule has 0 aliphatic heterocycles. The zero-order valence-electron chi connectivity index (χ0n) is 6.78. The molecule has 1 unspecified atom stereocenters. The van der Waals surface area contributed by atoms with Crippen LogP contribution in [0.25, 0.3) is 0 Å². The molecule has 0 spiro atoms. The Kier molecular flexibility index (Phi) is 6.68. The van der Waals surface area contributed by atoms with Crippen molar-refractivity contribution in [1.82, 2.24) is 6.15 Å². The van der Waals surface area contributed by atoms with Crippen molar-refractivity contribution in [3.63, 3.8) is 0 Å². The van der Waals surface area contributed by atoms with Crippen molar-refractivity contribution in [3.8, 4) is 0 Å². The molecule has 0 heterocycles. The number of rotatable bonds is 4.